The number of para-hydroxylation sites is 1. The van der Waals surface area contributed by atoms with Gasteiger partial charge in [0.2, 0.25) is 0 Å². The van der Waals surface area contributed by atoms with Gasteiger partial charge >= 0.3 is 0 Å². The van der Waals surface area contributed by atoms with Crippen molar-refractivity contribution in [2.45, 2.75) is 13.0 Å². The molecule has 39 heavy (non-hydrogen) atoms. The molecule has 1 unspecified atom stereocenters. The number of amides is 1. The third-order valence-electron chi connectivity index (χ3n) is 6.21. The van der Waals surface area contributed by atoms with E-state index in [1.165, 1.54) is 22.7 Å². The number of nitrogens with one attached hydrogen (secondary N) is 1. The maximum atomic E-state index is 13.8. The lowest BCUT2D eigenvalue weighted by molar-refractivity contribution is -0.113. The second-order valence-electron chi connectivity index (χ2n) is 8.75. The molecule has 1 aliphatic heterocycles. The molecule has 0 saturated carbocycles. The molecule has 0 spiro atoms. The molecular weight excluding hydrogens is 573 g/mol. The highest BCUT2D eigenvalue weighted by Gasteiger charge is 2.33. The molecule has 6 nitrogen and oxygen atoms in total. The van der Waals surface area contributed by atoms with Crippen LogP contribution in [0.25, 0.3) is 17.4 Å². The Labute approximate surface area is 240 Å². The average Bonchev–Trinajstić information content (AvgIpc) is 3.68. The van der Waals surface area contributed by atoms with Crippen molar-refractivity contribution in [2.24, 2.45) is 4.99 Å². The molecule has 10 heteroatoms. The van der Waals surface area contributed by atoms with Crippen LogP contribution in [-0.2, 0) is 4.79 Å². The van der Waals surface area contributed by atoms with E-state index in [9.17, 15) is 9.59 Å². The number of thiophene rings is 1. The predicted octanol–water partition coefficient (Wildman–Crippen LogP) is 6.50. The topological polar surface area (TPSA) is 76.6 Å². The highest BCUT2D eigenvalue weighted by Crippen LogP contribution is 2.33. The van der Waals surface area contributed by atoms with Gasteiger partial charge in [-0.25, -0.2) is 4.99 Å². The molecule has 3 aromatic heterocycles. The number of benzene rings is 2. The Balaban J connectivity index is 1.42. The Hall–Kier alpha value is -3.69. The number of furan rings is 1. The second kappa shape index (κ2) is 10.5. The molecular formula is C29H19Cl2N3O3S2. The van der Waals surface area contributed by atoms with Gasteiger partial charge in [-0.1, -0.05) is 58.8 Å². The Morgan fingerprint density at radius 2 is 1.87 bits per heavy atom. The fraction of sp³-hybridized carbons (Fsp3) is 0.0690. The molecule has 0 saturated heterocycles. The van der Waals surface area contributed by atoms with Crippen LogP contribution in [0.5, 0.6) is 0 Å². The minimum Gasteiger partial charge on any atom is -0.457 e. The molecule has 1 amide bonds. The zero-order valence-corrected chi connectivity index (χ0v) is 23.5. The lowest BCUT2D eigenvalue weighted by atomic mass is 10.0. The number of anilines is 1. The number of thiazole rings is 1. The van der Waals surface area contributed by atoms with Gasteiger partial charge in [-0.05, 0) is 60.8 Å². The summed E-state index contributed by atoms with van der Waals surface area (Å²) >= 11 is 14.9. The number of fused-ring (bicyclic) bond motifs is 1. The smallest absolute Gasteiger partial charge is 0.271 e. The van der Waals surface area contributed by atoms with E-state index in [1.807, 2.05) is 60.0 Å². The van der Waals surface area contributed by atoms with E-state index >= 15 is 0 Å². The van der Waals surface area contributed by atoms with E-state index < -0.39 is 6.04 Å². The van der Waals surface area contributed by atoms with Crippen molar-refractivity contribution < 1.29 is 9.21 Å². The molecule has 1 aliphatic rings. The predicted molar refractivity (Wildman–Crippen MR) is 157 cm³/mol. The first-order valence-electron chi connectivity index (χ1n) is 11.9. The molecule has 2 aromatic carbocycles. The van der Waals surface area contributed by atoms with Crippen molar-refractivity contribution in [3.8, 4) is 11.3 Å². The minimum atomic E-state index is -0.601. The molecule has 6 rings (SSSR count). The molecule has 0 radical (unpaired) electrons. The van der Waals surface area contributed by atoms with Crippen molar-refractivity contribution >= 4 is 63.5 Å². The fourth-order valence-corrected chi connectivity index (χ4v) is 6.56. The number of halogens is 2. The van der Waals surface area contributed by atoms with E-state index in [4.69, 9.17) is 27.6 Å². The molecule has 4 heterocycles. The summed E-state index contributed by atoms with van der Waals surface area (Å²) in [4.78, 5) is 33.3. The summed E-state index contributed by atoms with van der Waals surface area (Å²) in [6.07, 6.45) is 1.69. The molecule has 0 aliphatic carbocycles. The van der Waals surface area contributed by atoms with Crippen molar-refractivity contribution in [3.05, 3.63) is 130 Å². The number of allylic oxidation sites excluding steroid dienone is 1. The molecule has 194 valence electrons. The quantitative estimate of drug-likeness (QED) is 0.253. The highest BCUT2D eigenvalue weighted by molar-refractivity contribution is 7.10. The largest absolute Gasteiger partial charge is 0.457 e. The Kier molecular flexibility index (Phi) is 6.86. The number of rotatable bonds is 5. The van der Waals surface area contributed by atoms with Gasteiger partial charge < -0.3 is 9.73 Å². The van der Waals surface area contributed by atoms with Gasteiger partial charge in [0.15, 0.2) is 4.80 Å². The zero-order chi connectivity index (χ0) is 27.1. The van der Waals surface area contributed by atoms with Gasteiger partial charge in [-0.15, -0.1) is 11.3 Å². The monoisotopic (exact) mass is 591 g/mol. The molecule has 0 bridgehead atoms. The van der Waals surface area contributed by atoms with Crippen LogP contribution in [0.1, 0.15) is 23.6 Å². The third-order valence-corrected chi connectivity index (χ3v) is 8.86. The first-order valence-corrected chi connectivity index (χ1v) is 14.3. The summed E-state index contributed by atoms with van der Waals surface area (Å²) < 4.78 is 8.04. The maximum Gasteiger partial charge on any atom is 0.271 e. The van der Waals surface area contributed by atoms with Crippen LogP contribution in [-0.4, -0.2) is 10.5 Å². The third kappa shape index (κ3) is 4.92. The molecule has 1 atom stereocenters. The Bertz CT molecular complexity index is 1920. The van der Waals surface area contributed by atoms with Gasteiger partial charge in [0, 0.05) is 22.2 Å². The Morgan fingerprint density at radius 3 is 2.62 bits per heavy atom. The maximum absolute atomic E-state index is 13.8. The van der Waals surface area contributed by atoms with E-state index in [1.54, 1.807) is 35.8 Å². The van der Waals surface area contributed by atoms with Crippen molar-refractivity contribution in [3.63, 3.8) is 0 Å². The van der Waals surface area contributed by atoms with Crippen LogP contribution in [0, 0.1) is 0 Å². The van der Waals surface area contributed by atoms with Crippen LogP contribution in [0.2, 0.25) is 10.0 Å². The van der Waals surface area contributed by atoms with Gasteiger partial charge in [0.1, 0.15) is 17.6 Å². The second-order valence-corrected chi connectivity index (χ2v) is 11.6. The number of carbonyl (C=O) groups is 1. The van der Waals surface area contributed by atoms with E-state index in [-0.39, 0.29) is 11.5 Å². The summed E-state index contributed by atoms with van der Waals surface area (Å²) in [5, 5.41) is 5.77. The van der Waals surface area contributed by atoms with E-state index in [0.717, 1.165) is 10.4 Å². The number of hydrogen-bond donors (Lipinski definition) is 1. The van der Waals surface area contributed by atoms with Crippen LogP contribution in [0.3, 0.4) is 0 Å². The lowest BCUT2D eigenvalue weighted by Gasteiger charge is -2.24. The fourth-order valence-electron chi connectivity index (χ4n) is 4.41. The summed E-state index contributed by atoms with van der Waals surface area (Å²) in [6.45, 7) is 1.80. The zero-order valence-electron chi connectivity index (χ0n) is 20.4. The summed E-state index contributed by atoms with van der Waals surface area (Å²) in [5.74, 6) is 0.805. The molecule has 5 aromatic rings. The number of aromatic nitrogens is 1. The van der Waals surface area contributed by atoms with Gasteiger partial charge in [-0.3, -0.25) is 14.2 Å². The highest BCUT2D eigenvalue weighted by atomic mass is 35.5. The van der Waals surface area contributed by atoms with E-state index in [2.05, 4.69) is 10.3 Å². The van der Waals surface area contributed by atoms with Crippen LogP contribution in [0.15, 0.2) is 104 Å². The van der Waals surface area contributed by atoms with Gasteiger partial charge in [0.05, 0.1) is 25.8 Å². The van der Waals surface area contributed by atoms with Gasteiger partial charge in [0.25, 0.3) is 11.5 Å². The summed E-state index contributed by atoms with van der Waals surface area (Å²) in [7, 11) is 0. The summed E-state index contributed by atoms with van der Waals surface area (Å²) in [5.41, 5.74) is 2.19. The Morgan fingerprint density at radius 1 is 1.05 bits per heavy atom. The first kappa shape index (κ1) is 25.6. The number of hydrogen-bond acceptors (Lipinski definition) is 6. The lowest BCUT2D eigenvalue weighted by Crippen LogP contribution is -2.40. The van der Waals surface area contributed by atoms with Crippen molar-refractivity contribution in [2.75, 3.05) is 5.32 Å². The standard InChI is InChI=1S/C29H19Cl2N3O3S2/c1-16-25(27(35)33-18-6-3-2-4-7-18)26(23-8-5-13-38-23)34-28(36)24(39-29(34)32-16)15-19-10-12-22(37-19)17-9-11-20(30)21(31)14-17/h2-15,26H,1H3,(H,33,35)/b24-15-. The van der Waals surface area contributed by atoms with E-state index in [0.29, 0.717) is 47.9 Å². The first-order chi connectivity index (χ1) is 18.9. The number of nitrogens with zero attached hydrogens (tertiary/aromatic N) is 2. The van der Waals surface area contributed by atoms with Crippen molar-refractivity contribution in [1.29, 1.82) is 0 Å². The normalized spacial score (nSPS) is 15.3. The molecule has 0 fully saturated rings. The minimum absolute atomic E-state index is 0.248. The average molecular weight is 593 g/mol. The molecule has 1 N–H and O–H groups in total. The summed E-state index contributed by atoms with van der Waals surface area (Å²) in [6, 6.07) is 21.3. The van der Waals surface area contributed by atoms with Crippen LogP contribution >= 0.6 is 45.9 Å². The SMILES string of the molecule is CC1=C(C(=O)Nc2ccccc2)C(c2cccs2)n2c(s/c(=C\c3ccc(-c4ccc(Cl)c(Cl)c4)o3)c2=O)=N1. The van der Waals surface area contributed by atoms with Crippen LogP contribution in [0.4, 0.5) is 5.69 Å². The van der Waals surface area contributed by atoms with Crippen LogP contribution < -0.4 is 20.2 Å². The van der Waals surface area contributed by atoms with Crippen molar-refractivity contribution in [1.82, 2.24) is 4.57 Å². The number of carbonyl (C=O) groups excluding carboxylic acids is 1. The van der Waals surface area contributed by atoms with Gasteiger partial charge in [-0.2, -0.15) is 0 Å².